The molecule has 114 valence electrons. The Morgan fingerprint density at radius 2 is 2.00 bits per heavy atom. The lowest BCUT2D eigenvalue weighted by atomic mass is 10.1. The van der Waals surface area contributed by atoms with Gasteiger partial charge in [0.2, 0.25) is 5.16 Å². The molecule has 0 amide bonds. The van der Waals surface area contributed by atoms with Gasteiger partial charge in [0, 0.05) is 5.75 Å². The number of benzene rings is 1. The molecule has 0 saturated heterocycles. The lowest BCUT2D eigenvalue weighted by molar-refractivity contribution is 0.319. The second-order valence-corrected chi connectivity index (χ2v) is 7.07. The van der Waals surface area contributed by atoms with Crippen molar-refractivity contribution in [2.24, 2.45) is 0 Å². The van der Waals surface area contributed by atoms with Gasteiger partial charge in [-0.1, -0.05) is 23.9 Å². The highest BCUT2D eigenvalue weighted by atomic mass is 32.2. The summed E-state index contributed by atoms with van der Waals surface area (Å²) in [5.74, 6) is 1.76. The van der Waals surface area contributed by atoms with Crippen molar-refractivity contribution in [3.63, 3.8) is 0 Å². The predicted molar refractivity (Wildman–Crippen MR) is 84.9 cm³/mol. The van der Waals surface area contributed by atoms with Crippen LogP contribution in [0.2, 0.25) is 0 Å². The molecule has 21 heavy (non-hydrogen) atoms. The molecule has 0 aliphatic carbocycles. The molecule has 0 aliphatic rings. The second-order valence-electron chi connectivity index (χ2n) is 6.01. The summed E-state index contributed by atoms with van der Waals surface area (Å²) in [6, 6.07) is 6.24. The lowest BCUT2D eigenvalue weighted by Crippen LogP contribution is -2.24. The number of hydrogen-bond donors (Lipinski definition) is 0. The average Bonchev–Trinajstić information content (AvgIpc) is 2.87. The molecular weight excluding hydrogens is 284 g/mol. The van der Waals surface area contributed by atoms with E-state index >= 15 is 0 Å². The van der Waals surface area contributed by atoms with Gasteiger partial charge in [-0.05, 0) is 62.2 Å². The van der Waals surface area contributed by atoms with Crippen LogP contribution in [0.4, 0.5) is 0 Å². The minimum Gasteiger partial charge on any atom is -0.492 e. The van der Waals surface area contributed by atoms with Gasteiger partial charge in [0.05, 0.1) is 12.1 Å². The molecule has 2 rings (SSSR count). The first-order valence-corrected chi connectivity index (χ1v) is 7.98. The number of thioether (sulfide) groups is 1. The summed E-state index contributed by atoms with van der Waals surface area (Å²) in [6.45, 7) is 11.0. The van der Waals surface area contributed by atoms with E-state index in [2.05, 4.69) is 68.3 Å². The molecule has 5 nitrogen and oxygen atoms in total. The Kier molecular flexibility index (Phi) is 4.88. The predicted octanol–water partition coefficient (Wildman–Crippen LogP) is 3.22. The SMILES string of the molecule is Cc1ccc(C)c(OCCSc2nnnn2C(C)(C)C)c1. The summed E-state index contributed by atoms with van der Waals surface area (Å²) >= 11 is 1.61. The minimum absolute atomic E-state index is 0.111. The van der Waals surface area contributed by atoms with Crippen LogP contribution in [0.3, 0.4) is 0 Å². The van der Waals surface area contributed by atoms with Crippen molar-refractivity contribution in [1.29, 1.82) is 0 Å². The minimum atomic E-state index is -0.111. The van der Waals surface area contributed by atoms with E-state index < -0.39 is 0 Å². The van der Waals surface area contributed by atoms with E-state index in [1.807, 2.05) is 4.68 Å². The summed E-state index contributed by atoms with van der Waals surface area (Å²) in [7, 11) is 0. The molecule has 0 spiro atoms. The third-order valence-electron chi connectivity index (χ3n) is 2.99. The highest BCUT2D eigenvalue weighted by Crippen LogP contribution is 2.22. The third-order valence-corrected chi connectivity index (χ3v) is 3.88. The van der Waals surface area contributed by atoms with Crippen LogP contribution in [0.15, 0.2) is 23.4 Å². The molecule has 0 N–H and O–H groups in total. The van der Waals surface area contributed by atoms with Crippen molar-refractivity contribution in [3.05, 3.63) is 29.3 Å². The van der Waals surface area contributed by atoms with Crippen molar-refractivity contribution >= 4 is 11.8 Å². The van der Waals surface area contributed by atoms with E-state index in [1.165, 1.54) is 5.56 Å². The van der Waals surface area contributed by atoms with Crippen molar-refractivity contribution in [2.45, 2.75) is 45.3 Å². The molecule has 0 unspecified atom stereocenters. The van der Waals surface area contributed by atoms with Crippen LogP contribution < -0.4 is 4.74 Å². The van der Waals surface area contributed by atoms with Crippen molar-refractivity contribution in [2.75, 3.05) is 12.4 Å². The lowest BCUT2D eigenvalue weighted by Gasteiger charge is -2.19. The molecule has 0 aliphatic heterocycles. The van der Waals surface area contributed by atoms with E-state index in [0.717, 1.165) is 22.2 Å². The number of tetrazole rings is 1. The van der Waals surface area contributed by atoms with E-state index in [4.69, 9.17) is 4.74 Å². The number of hydrogen-bond acceptors (Lipinski definition) is 5. The van der Waals surface area contributed by atoms with E-state index in [9.17, 15) is 0 Å². The maximum absolute atomic E-state index is 5.84. The van der Waals surface area contributed by atoms with Crippen molar-refractivity contribution < 1.29 is 4.74 Å². The Balaban J connectivity index is 1.88. The fourth-order valence-electron chi connectivity index (χ4n) is 1.84. The maximum Gasteiger partial charge on any atom is 0.209 e. The van der Waals surface area contributed by atoms with Gasteiger partial charge in [0.25, 0.3) is 0 Å². The molecule has 0 saturated carbocycles. The summed E-state index contributed by atoms with van der Waals surface area (Å²) in [6.07, 6.45) is 0. The largest absolute Gasteiger partial charge is 0.492 e. The highest BCUT2D eigenvalue weighted by molar-refractivity contribution is 7.99. The second kappa shape index (κ2) is 6.47. The number of rotatable bonds is 5. The monoisotopic (exact) mass is 306 g/mol. The first kappa shape index (κ1) is 15.8. The van der Waals surface area contributed by atoms with Crippen LogP contribution >= 0.6 is 11.8 Å². The zero-order valence-electron chi connectivity index (χ0n) is 13.3. The normalized spacial score (nSPS) is 11.7. The summed E-state index contributed by atoms with van der Waals surface area (Å²) in [5, 5.41) is 12.7. The van der Waals surface area contributed by atoms with Crippen LogP contribution in [0.1, 0.15) is 31.9 Å². The van der Waals surface area contributed by atoms with Gasteiger partial charge in [-0.25, -0.2) is 4.68 Å². The van der Waals surface area contributed by atoms with Crippen LogP contribution in [0, 0.1) is 13.8 Å². The Hall–Kier alpha value is -1.56. The molecule has 1 aromatic heterocycles. The summed E-state index contributed by atoms with van der Waals surface area (Å²) in [4.78, 5) is 0. The van der Waals surface area contributed by atoms with Crippen LogP contribution in [-0.2, 0) is 5.54 Å². The van der Waals surface area contributed by atoms with E-state index in [1.54, 1.807) is 11.8 Å². The van der Waals surface area contributed by atoms with Crippen molar-refractivity contribution in [1.82, 2.24) is 20.2 Å². The first-order valence-electron chi connectivity index (χ1n) is 6.99. The molecule has 6 heteroatoms. The molecule has 0 bridgehead atoms. The average molecular weight is 306 g/mol. The molecule has 1 aromatic carbocycles. The molecular formula is C15H22N4OS. The zero-order valence-corrected chi connectivity index (χ0v) is 14.1. The first-order chi connectivity index (χ1) is 9.88. The Morgan fingerprint density at radius 1 is 1.24 bits per heavy atom. The molecule has 0 fully saturated rings. The van der Waals surface area contributed by atoms with Gasteiger partial charge in [0.15, 0.2) is 0 Å². The molecule has 2 aromatic rings. The van der Waals surface area contributed by atoms with E-state index in [-0.39, 0.29) is 5.54 Å². The summed E-state index contributed by atoms with van der Waals surface area (Å²) < 4.78 is 7.69. The van der Waals surface area contributed by atoms with Gasteiger partial charge in [-0.15, -0.1) is 5.10 Å². The fraction of sp³-hybridized carbons (Fsp3) is 0.533. The van der Waals surface area contributed by atoms with E-state index in [0.29, 0.717) is 6.61 Å². The van der Waals surface area contributed by atoms with Gasteiger partial charge < -0.3 is 4.74 Å². The quantitative estimate of drug-likeness (QED) is 0.627. The number of ether oxygens (including phenoxy) is 1. The zero-order chi connectivity index (χ0) is 15.5. The Morgan fingerprint density at radius 3 is 2.71 bits per heavy atom. The van der Waals surface area contributed by atoms with Gasteiger partial charge in [-0.2, -0.15) is 0 Å². The van der Waals surface area contributed by atoms with Crippen LogP contribution in [0.5, 0.6) is 5.75 Å². The number of aryl methyl sites for hydroxylation is 2. The molecule has 0 radical (unpaired) electrons. The highest BCUT2D eigenvalue weighted by Gasteiger charge is 2.19. The topological polar surface area (TPSA) is 52.8 Å². The fourth-order valence-corrected chi connectivity index (χ4v) is 2.71. The van der Waals surface area contributed by atoms with Gasteiger partial charge in [-0.3, -0.25) is 0 Å². The maximum atomic E-state index is 5.84. The Bertz CT molecular complexity index is 604. The number of nitrogens with zero attached hydrogens (tertiary/aromatic N) is 4. The van der Waals surface area contributed by atoms with Gasteiger partial charge >= 0.3 is 0 Å². The number of aromatic nitrogens is 4. The standard InChI is InChI=1S/C15H22N4OS/c1-11-6-7-12(2)13(10-11)20-8-9-21-14-16-17-18-19(14)15(3,4)5/h6-7,10H,8-9H2,1-5H3. The smallest absolute Gasteiger partial charge is 0.209 e. The van der Waals surface area contributed by atoms with Gasteiger partial charge in [0.1, 0.15) is 5.75 Å². The van der Waals surface area contributed by atoms with Crippen LogP contribution in [-0.4, -0.2) is 32.6 Å². The van der Waals surface area contributed by atoms with Crippen LogP contribution in [0.25, 0.3) is 0 Å². The Labute approximate surface area is 130 Å². The summed E-state index contributed by atoms with van der Waals surface area (Å²) in [5.41, 5.74) is 2.25. The van der Waals surface area contributed by atoms with Crippen molar-refractivity contribution in [3.8, 4) is 5.75 Å². The molecule has 0 atom stereocenters. The third kappa shape index (κ3) is 4.20. The molecule has 1 heterocycles.